The van der Waals surface area contributed by atoms with Crippen molar-refractivity contribution in [3.8, 4) is 17.2 Å². The first kappa shape index (κ1) is 28.9. The van der Waals surface area contributed by atoms with Gasteiger partial charge < -0.3 is 14.2 Å². The highest BCUT2D eigenvalue weighted by Gasteiger charge is 2.37. The van der Waals surface area contributed by atoms with Crippen molar-refractivity contribution in [2.45, 2.75) is 33.1 Å². The first-order chi connectivity index (χ1) is 19.0. The molecule has 1 heterocycles. The molecule has 8 nitrogen and oxygen atoms in total. The molecule has 1 saturated heterocycles. The molecule has 3 aromatic carbocycles. The van der Waals surface area contributed by atoms with E-state index in [-0.39, 0.29) is 17.6 Å². The van der Waals surface area contributed by atoms with E-state index >= 15 is 0 Å². The number of halogens is 1. The number of amides is 4. The van der Waals surface area contributed by atoms with Crippen LogP contribution in [-0.2, 0) is 15.0 Å². The molecule has 1 N–H and O–H groups in total. The second-order valence-corrected chi connectivity index (χ2v) is 11.2. The molecular weight excluding hydrogens is 576 g/mol. The SMILES string of the molecule is COc1cc(C=C2C(=O)NC(=O)N(c3cccc(C)c3)C2=O)cc(Br)c1OCCOc1ccc(C(C)(C)C)cc1. The van der Waals surface area contributed by atoms with Gasteiger partial charge >= 0.3 is 6.03 Å². The number of methoxy groups -OCH3 is 1. The first-order valence-electron chi connectivity index (χ1n) is 12.7. The summed E-state index contributed by atoms with van der Waals surface area (Å²) in [5, 5.41) is 2.24. The van der Waals surface area contributed by atoms with E-state index in [2.05, 4.69) is 54.2 Å². The Morgan fingerprint density at radius 2 is 1.65 bits per heavy atom. The molecule has 0 bridgehead atoms. The number of benzene rings is 3. The van der Waals surface area contributed by atoms with Crippen LogP contribution in [0.1, 0.15) is 37.5 Å². The highest BCUT2D eigenvalue weighted by molar-refractivity contribution is 9.10. The lowest BCUT2D eigenvalue weighted by molar-refractivity contribution is -0.122. The van der Waals surface area contributed by atoms with Crippen molar-refractivity contribution in [1.29, 1.82) is 0 Å². The number of urea groups is 1. The summed E-state index contributed by atoms with van der Waals surface area (Å²) in [6, 6.07) is 17.4. The number of rotatable bonds is 8. The summed E-state index contributed by atoms with van der Waals surface area (Å²) >= 11 is 3.50. The van der Waals surface area contributed by atoms with E-state index in [0.717, 1.165) is 16.2 Å². The highest BCUT2D eigenvalue weighted by atomic mass is 79.9. The van der Waals surface area contributed by atoms with Gasteiger partial charge in [0.2, 0.25) is 0 Å². The molecule has 3 aromatic rings. The maximum Gasteiger partial charge on any atom is 0.335 e. The molecular formula is C31H31BrN2O6. The van der Waals surface area contributed by atoms with Crippen LogP contribution in [0.25, 0.3) is 6.08 Å². The number of aryl methyl sites for hydroxylation is 1. The average molecular weight is 608 g/mol. The molecule has 0 spiro atoms. The molecule has 0 atom stereocenters. The monoisotopic (exact) mass is 606 g/mol. The third-order valence-electron chi connectivity index (χ3n) is 6.24. The lowest BCUT2D eigenvalue weighted by Crippen LogP contribution is -2.54. The van der Waals surface area contributed by atoms with Gasteiger partial charge in [-0.3, -0.25) is 14.9 Å². The molecule has 4 rings (SSSR count). The van der Waals surface area contributed by atoms with E-state index in [0.29, 0.717) is 33.8 Å². The second-order valence-electron chi connectivity index (χ2n) is 10.3. The molecule has 0 saturated carbocycles. The molecule has 9 heteroatoms. The van der Waals surface area contributed by atoms with Gasteiger partial charge in [-0.1, -0.05) is 45.0 Å². The van der Waals surface area contributed by atoms with Gasteiger partial charge in [-0.15, -0.1) is 0 Å². The zero-order valence-electron chi connectivity index (χ0n) is 23.0. The normalized spacial score (nSPS) is 14.8. The lowest BCUT2D eigenvalue weighted by Gasteiger charge is -2.26. The Morgan fingerprint density at radius 3 is 2.30 bits per heavy atom. The van der Waals surface area contributed by atoms with Gasteiger partial charge in [-0.25, -0.2) is 9.69 Å². The molecule has 1 aliphatic heterocycles. The number of anilines is 1. The van der Waals surface area contributed by atoms with Crippen molar-refractivity contribution >= 4 is 45.5 Å². The lowest BCUT2D eigenvalue weighted by atomic mass is 9.87. The van der Waals surface area contributed by atoms with Gasteiger partial charge in [0.05, 0.1) is 17.3 Å². The Balaban J connectivity index is 1.48. The average Bonchev–Trinajstić information content (AvgIpc) is 2.89. The molecule has 0 unspecified atom stereocenters. The largest absolute Gasteiger partial charge is 0.493 e. The predicted octanol–water partition coefficient (Wildman–Crippen LogP) is 6.19. The van der Waals surface area contributed by atoms with Crippen molar-refractivity contribution in [1.82, 2.24) is 5.32 Å². The Bertz CT molecular complexity index is 1470. The number of ether oxygens (including phenoxy) is 3. The number of nitrogens with zero attached hydrogens (tertiary/aromatic N) is 1. The minimum Gasteiger partial charge on any atom is -0.493 e. The van der Waals surface area contributed by atoms with Gasteiger partial charge in [0.25, 0.3) is 11.8 Å². The smallest absolute Gasteiger partial charge is 0.335 e. The van der Waals surface area contributed by atoms with Crippen LogP contribution in [0.5, 0.6) is 17.2 Å². The van der Waals surface area contributed by atoms with Crippen LogP contribution in [0, 0.1) is 6.92 Å². The van der Waals surface area contributed by atoms with Crippen LogP contribution in [0.15, 0.2) is 70.7 Å². The number of hydrogen-bond donors (Lipinski definition) is 1. The summed E-state index contributed by atoms with van der Waals surface area (Å²) in [7, 11) is 1.50. The molecule has 208 valence electrons. The Hall–Kier alpha value is -4.11. The number of barbiturate groups is 1. The van der Waals surface area contributed by atoms with Crippen LogP contribution in [-0.4, -0.2) is 38.2 Å². The number of imide groups is 2. The van der Waals surface area contributed by atoms with Gasteiger partial charge in [-0.2, -0.15) is 0 Å². The fourth-order valence-corrected chi connectivity index (χ4v) is 4.72. The third kappa shape index (κ3) is 6.54. The molecule has 0 radical (unpaired) electrons. The molecule has 0 aliphatic carbocycles. The van der Waals surface area contributed by atoms with Crippen LogP contribution in [0.4, 0.5) is 10.5 Å². The van der Waals surface area contributed by atoms with Gasteiger partial charge in [0.1, 0.15) is 24.5 Å². The van der Waals surface area contributed by atoms with Crippen molar-refractivity contribution in [2.75, 3.05) is 25.2 Å². The summed E-state index contributed by atoms with van der Waals surface area (Å²) in [5.74, 6) is 0.0982. The number of hydrogen-bond acceptors (Lipinski definition) is 6. The summed E-state index contributed by atoms with van der Waals surface area (Å²) in [5.41, 5.74) is 2.85. The summed E-state index contributed by atoms with van der Waals surface area (Å²) in [4.78, 5) is 39.3. The van der Waals surface area contributed by atoms with Crippen molar-refractivity contribution in [2.24, 2.45) is 0 Å². The van der Waals surface area contributed by atoms with Crippen molar-refractivity contribution in [3.63, 3.8) is 0 Å². The molecule has 1 aliphatic rings. The highest BCUT2D eigenvalue weighted by Crippen LogP contribution is 2.37. The van der Waals surface area contributed by atoms with E-state index in [9.17, 15) is 14.4 Å². The minimum absolute atomic E-state index is 0.0679. The molecule has 4 amide bonds. The standard InChI is InChI=1S/C31H31BrN2O6/c1-19-7-6-8-22(15-19)34-29(36)24(28(35)33-30(34)37)16-20-17-25(32)27(26(18-20)38-5)40-14-13-39-23-11-9-21(10-12-23)31(2,3)4/h6-12,15-18H,13-14H2,1-5H3,(H,33,35,37). The number of carbonyl (C=O) groups is 3. The molecule has 0 aromatic heterocycles. The van der Waals surface area contributed by atoms with Gasteiger partial charge in [0.15, 0.2) is 11.5 Å². The zero-order valence-corrected chi connectivity index (χ0v) is 24.6. The topological polar surface area (TPSA) is 94.2 Å². The third-order valence-corrected chi connectivity index (χ3v) is 6.83. The van der Waals surface area contributed by atoms with Crippen molar-refractivity contribution in [3.05, 3.63) is 87.4 Å². The first-order valence-corrected chi connectivity index (χ1v) is 13.5. The Labute approximate surface area is 242 Å². The van der Waals surface area contributed by atoms with E-state index in [4.69, 9.17) is 14.2 Å². The Morgan fingerprint density at radius 1 is 0.950 bits per heavy atom. The van der Waals surface area contributed by atoms with E-state index in [1.54, 1.807) is 30.3 Å². The van der Waals surface area contributed by atoms with Crippen LogP contribution in [0.3, 0.4) is 0 Å². The van der Waals surface area contributed by atoms with Crippen LogP contribution >= 0.6 is 15.9 Å². The quantitative estimate of drug-likeness (QED) is 0.187. The minimum atomic E-state index is -0.798. The Kier molecular flexibility index (Phi) is 8.64. The van der Waals surface area contributed by atoms with Crippen molar-refractivity contribution < 1.29 is 28.6 Å². The predicted molar refractivity (Wildman–Crippen MR) is 157 cm³/mol. The van der Waals surface area contributed by atoms with Crippen LogP contribution in [0.2, 0.25) is 0 Å². The zero-order chi connectivity index (χ0) is 29.0. The fraction of sp³-hybridized carbons (Fsp3) is 0.258. The summed E-state index contributed by atoms with van der Waals surface area (Å²) < 4.78 is 17.8. The number of nitrogens with one attached hydrogen (secondary N) is 1. The summed E-state index contributed by atoms with van der Waals surface area (Å²) in [6.07, 6.45) is 1.41. The second kappa shape index (κ2) is 12.0. The maximum absolute atomic E-state index is 13.2. The molecule has 1 fully saturated rings. The van der Waals surface area contributed by atoms with Gasteiger partial charge in [-0.05, 0) is 87.4 Å². The summed E-state index contributed by atoms with van der Waals surface area (Å²) in [6.45, 7) is 8.89. The van der Waals surface area contributed by atoms with E-state index < -0.39 is 17.8 Å². The van der Waals surface area contributed by atoms with E-state index in [1.807, 2.05) is 25.1 Å². The van der Waals surface area contributed by atoms with Gasteiger partial charge in [0, 0.05) is 0 Å². The maximum atomic E-state index is 13.2. The van der Waals surface area contributed by atoms with Crippen LogP contribution < -0.4 is 24.4 Å². The number of carbonyl (C=O) groups excluding carboxylic acids is 3. The fourth-order valence-electron chi connectivity index (χ4n) is 4.14. The van der Waals surface area contributed by atoms with E-state index in [1.165, 1.54) is 18.7 Å². The molecule has 40 heavy (non-hydrogen) atoms.